The second-order valence-electron chi connectivity index (χ2n) is 5.37. The van der Waals surface area contributed by atoms with E-state index in [0.717, 1.165) is 17.9 Å². The highest BCUT2D eigenvalue weighted by molar-refractivity contribution is 5.07. The van der Waals surface area contributed by atoms with Crippen LogP contribution in [0.5, 0.6) is 0 Å². The molecule has 2 heterocycles. The van der Waals surface area contributed by atoms with Gasteiger partial charge in [-0.25, -0.2) is 0 Å². The second kappa shape index (κ2) is 4.27. The van der Waals surface area contributed by atoms with Crippen molar-refractivity contribution >= 4 is 0 Å². The third kappa shape index (κ3) is 2.69. The first-order chi connectivity index (χ1) is 7.97. The van der Waals surface area contributed by atoms with E-state index >= 15 is 0 Å². The van der Waals surface area contributed by atoms with E-state index in [0.29, 0.717) is 0 Å². The molecule has 0 fully saturated rings. The Morgan fingerprint density at radius 1 is 1.41 bits per heavy atom. The molecule has 92 valence electrons. The van der Waals surface area contributed by atoms with Gasteiger partial charge in [-0.1, -0.05) is 32.9 Å². The second-order valence-corrected chi connectivity index (χ2v) is 5.37. The summed E-state index contributed by atoms with van der Waals surface area (Å²) in [5, 5.41) is 18.8. The highest BCUT2D eigenvalue weighted by Gasteiger charge is 2.18. The molecule has 17 heavy (non-hydrogen) atoms. The molecule has 0 aliphatic rings. The zero-order valence-corrected chi connectivity index (χ0v) is 10.7. The third-order valence-electron chi connectivity index (χ3n) is 2.71. The summed E-state index contributed by atoms with van der Waals surface area (Å²) in [7, 11) is 0. The number of nitrogens with zero attached hydrogens (tertiary/aromatic N) is 5. The Kier molecular flexibility index (Phi) is 2.95. The molecule has 0 saturated carbocycles. The lowest BCUT2D eigenvalue weighted by atomic mass is 9.93. The van der Waals surface area contributed by atoms with Crippen molar-refractivity contribution in [3.8, 4) is 0 Å². The van der Waals surface area contributed by atoms with Crippen LogP contribution in [-0.4, -0.2) is 30.4 Å². The van der Waals surface area contributed by atoms with Crippen molar-refractivity contribution in [2.24, 2.45) is 0 Å². The maximum atomic E-state index is 4.19. The van der Waals surface area contributed by atoms with Gasteiger partial charge in [0.05, 0.1) is 24.1 Å². The SMILES string of the molecule is CC(Cn1cc(C(C)(C)C)nn1)c1cn[nH]n1. The molecule has 0 spiro atoms. The van der Waals surface area contributed by atoms with Gasteiger partial charge in [0.2, 0.25) is 0 Å². The molecule has 1 unspecified atom stereocenters. The predicted molar refractivity (Wildman–Crippen MR) is 63.5 cm³/mol. The Morgan fingerprint density at radius 2 is 2.18 bits per heavy atom. The van der Waals surface area contributed by atoms with Gasteiger partial charge in [-0.05, 0) is 0 Å². The summed E-state index contributed by atoms with van der Waals surface area (Å²) in [6, 6.07) is 0. The van der Waals surface area contributed by atoms with E-state index < -0.39 is 0 Å². The van der Waals surface area contributed by atoms with E-state index in [1.165, 1.54) is 0 Å². The van der Waals surface area contributed by atoms with Crippen LogP contribution in [0, 0.1) is 0 Å². The fourth-order valence-electron chi connectivity index (χ4n) is 1.55. The van der Waals surface area contributed by atoms with E-state index in [-0.39, 0.29) is 11.3 Å². The van der Waals surface area contributed by atoms with Crippen molar-refractivity contribution in [1.29, 1.82) is 0 Å². The highest BCUT2D eigenvalue weighted by Crippen LogP contribution is 2.20. The van der Waals surface area contributed by atoms with Crippen molar-refractivity contribution in [3.63, 3.8) is 0 Å². The van der Waals surface area contributed by atoms with Crippen LogP contribution in [0.2, 0.25) is 0 Å². The number of aromatic nitrogens is 6. The molecule has 0 saturated heterocycles. The number of hydrogen-bond donors (Lipinski definition) is 1. The van der Waals surface area contributed by atoms with E-state index in [9.17, 15) is 0 Å². The molecule has 1 atom stereocenters. The Labute approximate surface area is 100 Å². The van der Waals surface area contributed by atoms with Crippen molar-refractivity contribution in [3.05, 3.63) is 23.8 Å². The fourth-order valence-corrected chi connectivity index (χ4v) is 1.55. The minimum atomic E-state index is 0.0371. The largest absolute Gasteiger partial charge is 0.252 e. The molecule has 0 aliphatic carbocycles. The van der Waals surface area contributed by atoms with Gasteiger partial charge in [-0.3, -0.25) is 4.68 Å². The smallest absolute Gasteiger partial charge is 0.0880 e. The summed E-state index contributed by atoms with van der Waals surface area (Å²) in [6.45, 7) is 9.24. The number of hydrogen-bond acceptors (Lipinski definition) is 4. The van der Waals surface area contributed by atoms with Gasteiger partial charge in [0.15, 0.2) is 0 Å². The highest BCUT2D eigenvalue weighted by atomic mass is 15.4. The quantitative estimate of drug-likeness (QED) is 0.873. The summed E-state index contributed by atoms with van der Waals surface area (Å²) in [5.41, 5.74) is 1.98. The molecule has 0 aliphatic heterocycles. The van der Waals surface area contributed by atoms with Crippen LogP contribution in [0.25, 0.3) is 0 Å². The van der Waals surface area contributed by atoms with E-state index in [2.05, 4.69) is 53.4 Å². The lowest BCUT2D eigenvalue weighted by Crippen LogP contribution is -2.11. The normalized spacial score (nSPS) is 13.9. The first kappa shape index (κ1) is 11.8. The standard InChI is InChI=1S/C11H18N6/c1-8(9-5-12-15-13-9)6-17-7-10(14-16-17)11(2,3)4/h5,7-8H,6H2,1-4H3,(H,12,13,15). The zero-order chi connectivity index (χ0) is 12.5. The first-order valence-electron chi connectivity index (χ1n) is 5.73. The summed E-state index contributed by atoms with van der Waals surface area (Å²) < 4.78 is 1.86. The molecule has 2 rings (SSSR count). The molecule has 0 bridgehead atoms. The van der Waals surface area contributed by atoms with Gasteiger partial charge < -0.3 is 0 Å². The summed E-state index contributed by atoms with van der Waals surface area (Å²) in [5.74, 6) is 0.267. The summed E-state index contributed by atoms with van der Waals surface area (Å²) >= 11 is 0. The molecule has 6 heteroatoms. The van der Waals surface area contributed by atoms with Crippen molar-refractivity contribution in [1.82, 2.24) is 30.4 Å². The average molecular weight is 234 g/mol. The maximum absolute atomic E-state index is 4.19. The minimum absolute atomic E-state index is 0.0371. The number of aromatic amines is 1. The van der Waals surface area contributed by atoms with Crippen molar-refractivity contribution in [2.45, 2.75) is 45.6 Å². The van der Waals surface area contributed by atoms with Crippen LogP contribution in [-0.2, 0) is 12.0 Å². The van der Waals surface area contributed by atoms with E-state index in [1.807, 2.05) is 10.9 Å². The molecular formula is C11H18N6. The molecule has 0 amide bonds. The monoisotopic (exact) mass is 234 g/mol. The number of nitrogens with one attached hydrogen (secondary N) is 1. The Bertz CT molecular complexity index is 464. The number of rotatable bonds is 3. The molecule has 2 aromatic rings. The van der Waals surface area contributed by atoms with Crippen molar-refractivity contribution < 1.29 is 0 Å². The lowest BCUT2D eigenvalue weighted by Gasteiger charge is -2.13. The van der Waals surface area contributed by atoms with Crippen LogP contribution in [0.1, 0.15) is 45.0 Å². The molecular weight excluding hydrogens is 216 g/mol. The third-order valence-corrected chi connectivity index (χ3v) is 2.71. The van der Waals surface area contributed by atoms with Crippen LogP contribution in [0.3, 0.4) is 0 Å². The van der Waals surface area contributed by atoms with Crippen LogP contribution in [0.15, 0.2) is 12.4 Å². The number of H-pyrrole nitrogens is 1. The topological polar surface area (TPSA) is 72.3 Å². The molecule has 1 N–H and O–H groups in total. The molecule has 2 aromatic heterocycles. The van der Waals surface area contributed by atoms with E-state index in [1.54, 1.807) is 6.20 Å². The summed E-state index contributed by atoms with van der Waals surface area (Å²) in [4.78, 5) is 0. The summed E-state index contributed by atoms with van der Waals surface area (Å²) in [6.07, 6.45) is 3.74. The van der Waals surface area contributed by atoms with Gasteiger partial charge in [-0.2, -0.15) is 15.4 Å². The van der Waals surface area contributed by atoms with Gasteiger partial charge in [0.1, 0.15) is 0 Å². The molecule has 0 radical (unpaired) electrons. The lowest BCUT2D eigenvalue weighted by molar-refractivity contribution is 0.518. The maximum Gasteiger partial charge on any atom is 0.0880 e. The first-order valence-corrected chi connectivity index (χ1v) is 5.73. The predicted octanol–water partition coefficient (Wildman–Crippen LogP) is 1.50. The van der Waals surface area contributed by atoms with Crippen LogP contribution < -0.4 is 0 Å². The Hall–Kier alpha value is -1.72. The van der Waals surface area contributed by atoms with Crippen LogP contribution in [0.4, 0.5) is 0 Å². The minimum Gasteiger partial charge on any atom is -0.252 e. The molecule has 0 aromatic carbocycles. The van der Waals surface area contributed by atoms with E-state index in [4.69, 9.17) is 0 Å². The average Bonchev–Trinajstić information content (AvgIpc) is 2.85. The molecule has 6 nitrogen and oxygen atoms in total. The Morgan fingerprint density at radius 3 is 2.71 bits per heavy atom. The van der Waals surface area contributed by atoms with Crippen molar-refractivity contribution in [2.75, 3.05) is 0 Å². The van der Waals surface area contributed by atoms with Gasteiger partial charge >= 0.3 is 0 Å². The fraction of sp³-hybridized carbons (Fsp3) is 0.636. The Balaban J connectivity index is 2.07. The van der Waals surface area contributed by atoms with Gasteiger partial charge in [0.25, 0.3) is 0 Å². The van der Waals surface area contributed by atoms with Gasteiger partial charge in [0, 0.05) is 17.5 Å². The zero-order valence-electron chi connectivity index (χ0n) is 10.7. The van der Waals surface area contributed by atoms with Crippen LogP contribution >= 0.6 is 0 Å². The van der Waals surface area contributed by atoms with Gasteiger partial charge in [-0.15, -0.1) is 5.10 Å².